The Bertz CT molecular complexity index is 150. The van der Waals surface area contributed by atoms with E-state index in [-0.39, 0.29) is 0 Å². The third-order valence-electron chi connectivity index (χ3n) is 3.04. The number of rotatable bonds is 4. The molecule has 14 heavy (non-hydrogen) atoms. The second-order valence-electron chi connectivity index (χ2n) is 5.05. The number of likely N-dealkylation sites (tertiary alicyclic amines) is 1. The molecule has 0 N–H and O–H groups in total. The summed E-state index contributed by atoms with van der Waals surface area (Å²) in [6.07, 6.45) is 2.68. The molecule has 0 radical (unpaired) electrons. The zero-order valence-corrected chi connectivity index (χ0v) is 9.80. The predicted octanol–water partition coefficient (Wildman–Crippen LogP) is 3.10. The number of alkyl halides is 1. The lowest BCUT2D eigenvalue weighted by molar-refractivity contribution is 0.0904. The Balaban J connectivity index is 2.29. The van der Waals surface area contributed by atoms with Crippen molar-refractivity contribution < 1.29 is 4.39 Å². The SMILES string of the molecule is CCCC(C)CN1CC(F)C[C@@H](C)C1. The molecule has 0 aromatic heterocycles. The van der Waals surface area contributed by atoms with E-state index < -0.39 is 6.17 Å². The van der Waals surface area contributed by atoms with E-state index >= 15 is 0 Å². The van der Waals surface area contributed by atoms with Gasteiger partial charge in [-0.25, -0.2) is 4.39 Å². The summed E-state index contributed by atoms with van der Waals surface area (Å²) in [6.45, 7) is 9.48. The lowest BCUT2D eigenvalue weighted by Crippen LogP contribution is -2.42. The minimum Gasteiger partial charge on any atom is -0.300 e. The number of piperidine rings is 1. The van der Waals surface area contributed by atoms with Gasteiger partial charge in [0.15, 0.2) is 0 Å². The van der Waals surface area contributed by atoms with Crippen LogP contribution >= 0.6 is 0 Å². The van der Waals surface area contributed by atoms with Crippen molar-refractivity contribution in [1.29, 1.82) is 0 Å². The molecule has 1 nitrogen and oxygen atoms in total. The molecule has 1 fully saturated rings. The summed E-state index contributed by atoms with van der Waals surface area (Å²) in [4.78, 5) is 2.30. The smallest absolute Gasteiger partial charge is 0.113 e. The third-order valence-corrected chi connectivity index (χ3v) is 3.04. The minimum atomic E-state index is -0.590. The molecule has 1 aliphatic rings. The molecule has 1 rings (SSSR count). The summed E-state index contributed by atoms with van der Waals surface area (Å²) in [5.74, 6) is 1.25. The summed E-state index contributed by atoms with van der Waals surface area (Å²) in [5.41, 5.74) is 0. The molecule has 0 saturated carbocycles. The Morgan fingerprint density at radius 3 is 2.71 bits per heavy atom. The third kappa shape index (κ3) is 3.95. The van der Waals surface area contributed by atoms with Crippen LogP contribution < -0.4 is 0 Å². The van der Waals surface area contributed by atoms with Crippen LogP contribution in [0.4, 0.5) is 4.39 Å². The molecule has 2 unspecified atom stereocenters. The predicted molar refractivity (Wildman–Crippen MR) is 59.2 cm³/mol. The molecular formula is C12H24FN. The van der Waals surface area contributed by atoms with Crippen molar-refractivity contribution in [2.75, 3.05) is 19.6 Å². The second kappa shape index (κ2) is 5.69. The minimum absolute atomic E-state index is 0.535. The Labute approximate surface area is 87.7 Å². The molecule has 0 spiro atoms. The highest BCUT2D eigenvalue weighted by molar-refractivity contribution is 4.77. The Hall–Kier alpha value is -0.110. The van der Waals surface area contributed by atoms with Gasteiger partial charge >= 0.3 is 0 Å². The van der Waals surface area contributed by atoms with Crippen molar-refractivity contribution in [3.05, 3.63) is 0 Å². The standard InChI is InChI=1S/C12H24FN/c1-4-5-10(2)7-14-8-11(3)6-12(13)9-14/h10-12H,4-9H2,1-3H3/t10?,11-,12?/m1/s1. The lowest BCUT2D eigenvalue weighted by atomic mass is 9.97. The van der Waals surface area contributed by atoms with Crippen molar-refractivity contribution in [3.63, 3.8) is 0 Å². The largest absolute Gasteiger partial charge is 0.300 e. The highest BCUT2D eigenvalue weighted by atomic mass is 19.1. The van der Waals surface area contributed by atoms with Crippen molar-refractivity contribution in [3.8, 4) is 0 Å². The molecule has 1 heterocycles. The fraction of sp³-hybridized carbons (Fsp3) is 1.00. The first-order valence-corrected chi connectivity index (χ1v) is 5.98. The zero-order valence-electron chi connectivity index (χ0n) is 9.80. The van der Waals surface area contributed by atoms with Gasteiger partial charge in [-0.3, -0.25) is 4.90 Å². The van der Waals surface area contributed by atoms with E-state index in [1.54, 1.807) is 0 Å². The van der Waals surface area contributed by atoms with Crippen LogP contribution in [-0.4, -0.2) is 30.7 Å². The maximum absolute atomic E-state index is 13.3. The summed E-state index contributed by atoms with van der Waals surface area (Å²) < 4.78 is 13.3. The lowest BCUT2D eigenvalue weighted by Gasteiger charge is -2.34. The van der Waals surface area contributed by atoms with E-state index in [1.165, 1.54) is 12.8 Å². The van der Waals surface area contributed by atoms with E-state index in [2.05, 4.69) is 25.7 Å². The summed E-state index contributed by atoms with van der Waals surface area (Å²) in [7, 11) is 0. The first-order valence-electron chi connectivity index (χ1n) is 5.98. The van der Waals surface area contributed by atoms with Crippen molar-refractivity contribution >= 4 is 0 Å². The van der Waals surface area contributed by atoms with E-state index in [4.69, 9.17) is 0 Å². The molecule has 0 aromatic carbocycles. The van der Waals surface area contributed by atoms with Crippen LogP contribution in [0.5, 0.6) is 0 Å². The zero-order chi connectivity index (χ0) is 10.6. The van der Waals surface area contributed by atoms with Crippen LogP contribution in [0.25, 0.3) is 0 Å². The van der Waals surface area contributed by atoms with Gasteiger partial charge in [-0.2, -0.15) is 0 Å². The summed E-state index contributed by atoms with van der Waals surface area (Å²) >= 11 is 0. The normalized spacial score (nSPS) is 31.7. The molecule has 0 amide bonds. The molecule has 1 saturated heterocycles. The van der Waals surface area contributed by atoms with Crippen LogP contribution in [0.3, 0.4) is 0 Å². The summed E-state index contributed by atoms with van der Waals surface area (Å²) in [6, 6.07) is 0. The fourth-order valence-electron chi connectivity index (χ4n) is 2.56. The first-order chi connectivity index (χ1) is 6.61. The molecule has 0 bridgehead atoms. The van der Waals surface area contributed by atoms with Crippen molar-refractivity contribution in [2.24, 2.45) is 11.8 Å². The highest BCUT2D eigenvalue weighted by Crippen LogP contribution is 2.20. The van der Waals surface area contributed by atoms with Crippen LogP contribution in [0, 0.1) is 11.8 Å². The highest BCUT2D eigenvalue weighted by Gasteiger charge is 2.24. The van der Waals surface area contributed by atoms with Gasteiger partial charge < -0.3 is 0 Å². The topological polar surface area (TPSA) is 3.24 Å². The van der Waals surface area contributed by atoms with Gasteiger partial charge in [-0.1, -0.05) is 27.2 Å². The maximum Gasteiger partial charge on any atom is 0.113 e. The number of hydrogen-bond acceptors (Lipinski definition) is 1. The second-order valence-corrected chi connectivity index (χ2v) is 5.05. The average molecular weight is 201 g/mol. The van der Waals surface area contributed by atoms with Gasteiger partial charge in [0, 0.05) is 19.6 Å². The molecule has 0 aromatic rings. The monoisotopic (exact) mass is 201 g/mol. The van der Waals surface area contributed by atoms with Gasteiger partial charge in [-0.15, -0.1) is 0 Å². The van der Waals surface area contributed by atoms with E-state index in [9.17, 15) is 4.39 Å². The van der Waals surface area contributed by atoms with Gasteiger partial charge in [0.25, 0.3) is 0 Å². The quantitative estimate of drug-likeness (QED) is 0.675. The first kappa shape index (κ1) is 12.0. The van der Waals surface area contributed by atoms with Gasteiger partial charge in [0.05, 0.1) is 0 Å². The van der Waals surface area contributed by atoms with E-state index in [1.807, 2.05) is 0 Å². The van der Waals surface area contributed by atoms with Gasteiger partial charge in [0.2, 0.25) is 0 Å². The van der Waals surface area contributed by atoms with Gasteiger partial charge in [-0.05, 0) is 24.7 Å². The Kier molecular flexibility index (Phi) is 4.86. The average Bonchev–Trinajstić information content (AvgIpc) is 2.01. The van der Waals surface area contributed by atoms with E-state index in [0.717, 1.165) is 25.4 Å². The fourth-order valence-corrected chi connectivity index (χ4v) is 2.56. The molecule has 1 aliphatic heterocycles. The Morgan fingerprint density at radius 1 is 1.43 bits per heavy atom. The maximum atomic E-state index is 13.3. The number of nitrogens with zero attached hydrogens (tertiary/aromatic N) is 1. The van der Waals surface area contributed by atoms with Crippen molar-refractivity contribution in [1.82, 2.24) is 4.90 Å². The molecule has 84 valence electrons. The molecule has 3 atom stereocenters. The van der Waals surface area contributed by atoms with E-state index in [0.29, 0.717) is 12.5 Å². The van der Waals surface area contributed by atoms with Crippen LogP contribution in [0.2, 0.25) is 0 Å². The molecule has 0 aliphatic carbocycles. The van der Waals surface area contributed by atoms with Crippen LogP contribution in [-0.2, 0) is 0 Å². The molecule has 2 heteroatoms. The van der Waals surface area contributed by atoms with Gasteiger partial charge in [0.1, 0.15) is 6.17 Å². The number of hydrogen-bond donors (Lipinski definition) is 0. The van der Waals surface area contributed by atoms with Crippen LogP contribution in [0.15, 0.2) is 0 Å². The number of halogens is 1. The van der Waals surface area contributed by atoms with Crippen LogP contribution in [0.1, 0.15) is 40.0 Å². The molecular weight excluding hydrogens is 177 g/mol. The summed E-state index contributed by atoms with van der Waals surface area (Å²) in [5, 5.41) is 0. The Morgan fingerprint density at radius 2 is 2.14 bits per heavy atom. The van der Waals surface area contributed by atoms with Crippen molar-refractivity contribution in [2.45, 2.75) is 46.2 Å².